The van der Waals surface area contributed by atoms with Gasteiger partial charge in [-0.05, 0) is 133 Å². The number of fused-ring (bicyclic) bond motifs is 4. The molecule has 0 aliphatic heterocycles. The molecule has 2 unspecified atom stereocenters. The van der Waals surface area contributed by atoms with Crippen LogP contribution in [0, 0.1) is 23.5 Å². The Morgan fingerprint density at radius 2 is 1.49 bits per heavy atom. The number of hydrogen-bond donors (Lipinski definition) is 0. The minimum Gasteiger partial charge on any atom is -0.204 e. The lowest BCUT2D eigenvalue weighted by molar-refractivity contribution is 0.504. The lowest BCUT2D eigenvalue weighted by atomic mass is 9.70. The fraction of sp³-hybridized carbons (Fsp3) is 0.143. The monoisotopic (exact) mass is 628 g/mol. The second-order valence-corrected chi connectivity index (χ2v) is 12.8. The van der Waals surface area contributed by atoms with Crippen molar-refractivity contribution in [3.8, 4) is 0 Å². The minimum atomic E-state index is -1.51. The number of halogens is 5. The van der Waals surface area contributed by atoms with Crippen molar-refractivity contribution in [3.63, 3.8) is 0 Å². The third-order valence-corrected chi connectivity index (χ3v) is 9.75. The number of rotatable bonds is 3. The topological polar surface area (TPSA) is 0 Å². The SMILES string of the molecule is CC1C=Cc2cc(C3=c4cc(F)c(F)cc4=C(c4ccc5ccccc5c4)C4=CC(C5=CC(F)=C(F)C(F)=CC5)=CCC43)ccc2C1. The van der Waals surface area contributed by atoms with E-state index in [0.29, 0.717) is 33.9 Å². The Morgan fingerprint density at radius 3 is 2.32 bits per heavy atom. The lowest BCUT2D eigenvalue weighted by Crippen LogP contribution is -2.39. The molecule has 2 atom stereocenters. The summed E-state index contributed by atoms with van der Waals surface area (Å²) in [4.78, 5) is 0. The standard InChI is InChI=1S/C42H29F5/c1-23-6-7-27-18-30(11-9-26(27)16-23)40-32-14-12-28(29-13-15-36(43)42(47)39(46)20-29)19-33(32)41(35-22-38(45)37(44)21-34(35)40)31-10-8-24-4-2-3-5-25(24)17-31/h2-12,15,17-23,32H,13-14,16H2,1H3. The molecule has 0 spiro atoms. The molecule has 4 aliphatic rings. The first-order valence-corrected chi connectivity index (χ1v) is 15.8. The van der Waals surface area contributed by atoms with Crippen LogP contribution < -0.4 is 10.4 Å². The van der Waals surface area contributed by atoms with E-state index in [9.17, 15) is 13.2 Å². The molecule has 0 bridgehead atoms. The van der Waals surface area contributed by atoms with Gasteiger partial charge in [-0.25, -0.2) is 22.0 Å². The van der Waals surface area contributed by atoms with E-state index >= 15 is 8.78 Å². The van der Waals surface area contributed by atoms with Crippen molar-refractivity contribution in [2.75, 3.05) is 0 Å². The summed E-state index contributed by atoms with van der Waals surface area (Å²) in [7, 11) is 0. The van der Waals surface area contributed by atoms with E-state index in [1.807, 2.05) is 54.6 Å². The first-order chi connectivity index (χ1) is 22.7. The van der Waals surface area contributed by atoms with E-state index in [4.69, 9.17) is 0 Å². The highest BCUT2D eigenvalue weighted by Gasteiger charge is 2.32. The molecule has 0 saturated heterocycles. The number of benzene rings is 4. The van der Waals surface area contributed by atoms with Gasteiger partial charge in [-0.2, -0.15) is 0 Å². The summed E-state index contributed by atoms with van der Waals surface area (Å²) in [5, 5.41) is 3.20. The van der Waals surface area contributed by atoms with E-state index in [-0.39, 0.29) is 12.3 Å². The summed E-state index contributed by atoms with van der Waals surface area (Å²) >= 11 is 0. The van der Waals surface area contributed by atoms with E-state index in [1.54, 1.807) is 0 Å². The largest absolute Gasteiger partial charge is 0.204 e. The van der Waals surface area contributed by atoms with Crippen LogP contribution in [0.4, 0.5) is 22.0 Å². The second-order valence-electron chi connectivity index (χ2n) is 12.8. The Kier molecular flexibility index (Phi) is 7.09. The van der Waals surface area contributed by atoms with E-state index in [0.717, 1.165) is 62.8 Å². The van der Waals surface area contributed by atoms with Gasteiger partial charge in [-0.3, -0.25) is 0 Å². The van der Waals surface area contributed by atoms with Crippen LogP contribution in [0.2, 0.25) is 0 Å². The van der Waals surface area contributed by atoms with Crippen molar-refractivity contribution < 1.29 is 22.0 Å². The fourth-order valence-electron chi connectivity index (χ4n) is 7.45. The summed E-state index contributed by atoms with van der Waals surface area (Å²) < 4.78 is 73.4. The van der Waals surface area contributed by atoms with Crippen molar-refractivity contribution >= 4 is 28.0 Å². The molecule has 0 N–H and O–H groups in total. The zero-order valence-corrected chi connectivity index (χ0v) is 25.6. The highest BCUT2D eigenvalue weighted by atomic mass is 19.2. The lowest BCUT2D eigenvalue weighted by Gasteiger charge is -2.33. The Bertz CT molecular complexity index is 2340. The predicted octanol–water partition coefficient (Wildman–Crippen LogP) is 9.94. The van der Waals surface area contributed by atoms with Crippen molar-refractivity contribution in [2.24, 2.45) is 11.8 Å². The molecule has 232 valence electrons. The fourth-order valence-corrected chi connectivity index (χ4v) is 7.45. The quantitative estimate of drug-likeness (QED) is 0.198. The molecular formula is C42H29F5. The van der Waals surface area contributed by atoms with Gasteiger partial charge in [0.15, 0.2) is 29.1 Å². The van der Waals surface area contributed by atoms with Crippen LogP contribution in [-0.4, -0.2) is 0 Å². The van der Waals surface area contributed by atoms with Gasteiger partial charge in [0.25, 0.3) is 0 Å². The summed E-state index contributed by atoms with van der Waals surface area (Å²) in [6.07, 6.45) is 11.7. The normalized spacial score (nSPS) is 20.6. The number of hydrogen-bond acceptors (Lipinski definition) is 0. The van der Waals surface area contributed by atoms with Crippen LogP contribution in [-0.2, 0) is 6.42 Å². The van der Waals surface area contributed by atoms with Gasteiger partial charge >= 0.3 is 0 Å². The Morgan fingerprint density at radius 1 is 0.723 bits per heavy atom. The van der Waals surface area contributed by atoms with Gasteiger partial charge in [0.1, 0.15) is 0 Å². The smallest absolute Gasteiger partial charge is 0.194 e. The van der Waals surface area contributed by atoms with Crippen LogP contribution in [0.15, 0.2) is 137 Å². The second kappa shape index (κ2) is 11.3. The van der Waals surface area contributed by atoms with E-state index in [2.05, 4.69) is 37.3 Å². The van der Waals surface area contributed by atoms with Crippen molar-refractivity contribution in [1.29, 1.82) is 0 Å². The minimum absolute atomic E-state index is 0.000832. The van der Waals surface area contributed by atoms with E-state index < -0.39 is 29.1 Å². The molecule has 0 heterocycles. The maximum atomic E-state index is 15.2. The summed E-state index contributed by atoms with van der Waals surface area (Å²) in [6.45, 7) is 2.17. The molecule has 5 heteroatoms. The van der Waals surface area contributed by atoms with Crippen molar-refractivity contribution in [1.82, 2.24) is 0 Å². The maximum Gasteiger partial charge on any atom is 0.194 e. The Hall–Kier alpha value is -5.03. The third-order valence-electron chi connectivity index (χ3n) is 9.75. The van der Waals surface area contributed by atoms with Crippen molar-refractivity contribution in [3.05, 3.63) is 182 Å². The van der Waals surface area contributed by atoms with Gasteiger partial charge in [-0.15, -0.1) is 0 Å². The molecule has 4 aromatic rings. The van der Waals surface area contributed by atoms with Crippen LogP contribution in [0.3, 0.4) is 0 Å². The van der Waals surface area contributed by atoms with Crippen LogP contribution in [0.5, 0.6) is 0 Å². The number of allylic oxidation sites excluding steroid dienone is 11. The molecule has 4 aromatic carbocycles. The molecule has 0 fully saturated rings. The zero-order chi connectivity index (χ0) is 32.4. The van der Waals surface area contributed by atoms with Crippen LogP contribution >= 0.6 is 0 Å². The molecule has 47 heavy (non-hydrogen) atoms. The first-order valence-electron chi connectivity index (χ1n) is 15.8. The van der Waals surface area contributed by atoms with E-state index in [1.165, 1.54) is 17.7 Å². The molecule has 0 nitrogen and oxygen atoms in total. The van der Waals surface area contributed by atoms with Gasteiger partial charge in [0.05, 0.1) is 0 Å². The van der Waals surface area contributed by atoms with Gasteiger partial charge in [0, 0.05) is 5.92 Å². The molecule has 8 rings (SSSR count). The average Bonchev–Trinajstić information content (AvgIpc) is 3.20. The third kappa shape index (κ3) is 5.05. The summed E-state index contributed by atoms with van der Waals surface area (Å²) in [5.41, 5.74) is 7.61. The molecule has 0 radical (unpaired) electrons. The summed E-state index contributed by atoms with van der Waals surface area (Å²) in [6, 6.07) is 22.8. The molecule has 0 aromatic heterocycles. The van der Waals surface area contributed by atoms with Crippen molar-refractivity contribution in [2.45, 2.75) is 26.2 Å². The molecule has 0 saturated carbocycles. The molecule has 4 aliphatic carbocycles. The van der Waals surface area contributed by atoms with Crippen LogP contribution in [0.1, 0.15) is 42.0 Å². The van der Waals surface area contributed by atoms with Gasteiger partial charge in [-0.1, -0.05) is 79.8 Å². The maximum absolute atomic E-state index is 15.2. The molecular weight excluding hydrogens is 599 g/mol. The Labute approximate surface area is 269 Å². The van der Waals surface area contributed by atoms with Crippen LogP contribution in [0.25, 0.3) is 28.0 Å². The summed E-state index contributed by atoms with van der Waals surface area (Å²) in [5.74, 6) is -5.70. The average molecular weight is 629 g/mol. The highest BCUT2D eigenvalue weighted by Crippen LogP contribution is 2.44. The highest BCUT2D eigenvalue weighted by molar-refractivity contribution is 5.93. The van der Waals surface area contributed by atoms with Gasteiger partial charge < -0.3 is 0 Å². The first kappa shape index (κ1) is 29.4. The zero-order valence-electron chi connectivity index (χ0n) is 25.6. The predicted molar refractivity (Wildman–Crippen MR) is 178 cm³/mol. The van der Waals surface area contributed by atoms with Gasteiger partial charge in [0.2, 0.25) is 0 Å². The molecule has 0 amide bonds. The Balaban J connectivity index is 1.43.